The first-order valence-corrected chi connectivity index (χ1v) is 10.7. The van der Waals surface area contributed by atoms with Crippen LogP contribution in [0.15, 0.2) is 42.6 Å². The molecule has 2 aliphatic rings. The molecular weight excluding hydrogens is 394 g/mol. The largest absolute Gasteiger partial charge is 0.481 e. The Balaban J connectivity index is 1.37. The minimum atomic E-state index is -0.863. The molecule has 2 unspecified atom stereocenters. The summed E-state index contributed by atoms with van der Waals surface area (Å²) in [6, 6.07) is 12.7. The average Bonchev–Trinajstić information content (AvgIpc) is 3.53. The van der Waals surface area contributed by atoms with Crippen molar-refractivity contribution >= 4 is 23.2 Å². The van der Waals surface area contributed by atoms with E-state index in [4.69, 9.17) is 0 Å². The molecule has 2 saturated heterocycles. The number of carboxylic acids is 1. The van der Waals surface area contributed by atoms with Gasteiger partial charge in [0.1, 0.15) is 0 Å². The summed E-state index contributed by atoms with van der Waals surface area (Å²) >= 11 is 0. The fourth-order valence-electron chi connectivity index (χ4n) is 4.67. The predicted octanol–water partition coefficient (Wildman–Crippen LogP) is 2.58. The Morgan fingerprint density at radius 3 is 2.65 bits per heavy atom. The van der Waals surface area contributed by atoms with Crippen LogP contribution in [0.4, 0.5) is 5.69 Å². The number of anilines is 1. The van der Waals surface area contributed by atoms with E-state index in [0.717, 1.165) is 30.8 Å². The SMILES string of the molecule is Cc1cc(N2CCC(c3ccccc3)C2)cn2nc(C(=O)N3CCC(C(=O)O)C3)nc12. The zero-order valence-corrected chi connectivity index (χ0v) is 17.4. The molecule has 3 aromatic rings. The summed E-state index contributed by atoms with van der Waals surface area (Å²) in [7, 11) is 0. The summed E-state index contributed by atoms with van der Waals surface area (Å²) in [5.41, 5.74) is 4.04. The predicted molar refractivity (Wildman–Crippen MR) is 115 cm³/mol. The van der Waals surface area contributed by atoms with Gasteiger partial charge in [-0.2, -0.15) is 0 Å². The van der Waals surface area contributed by atoms with E-state index in [-0.39, 0.29) is 18.3 Å². The molecule has 0 saturated carbocycles. The van der Waals surface area contributed by atoms with Crippen LogP contribution < -0.4 is 4.90 Å². The summed E-state index contributed by atoms with van der Waals surface area (Å²) in [5, 5.41) is 13.6. The lowest BCUT2D eigenvalue weighted by Crippen LogP contribution is -2.30. The second-order valence-corrected chi connectivity index (χ2v) is 8.50. The highest BCUT2D eigenvalue weighted by Crippen LogP contribution is 2.31. The van der Waals surface area contributed by atoms with Gasteiger partial charge in [-0.1, -0.05) is 30.3 Å². The van der Waals surface area contributed by atoms with Gasteiger partial charge in [0.2, 0.25) is 5.82 Å². The van der Waals surface area contributed by atoms with Crippen LogP contribution in [0, 0.1) is 12.8 Å². The first-order valence-electron chi connectivity index (χ1n) is 10.7. The first kappa shape index (κ1) is 19.5. The second kappa shape index (κ2) is 7.68. The maximum Gasteiger partial charge on any atom is 0.308 e. The molecule has 1 N–H and O–H groups in total. The highest BCUT2D eigenvalue weighted by Gasteiger charge is 2.33. The molecule has 2 aromatic heterocycles. The fraction of sp³-hybridized carbons (Fsp3) is 0.391. The normalized spacial score (nSPS) is 21.2. The number of hydrogen-bond donors (Lipinski definition) is 1. The fourth-order valence-corrected chi connectivity index (χ4v) is 4.67. The summed E-state index contributed by atoms with van der Waals surface area (Å²) in [5.74, 6) is -1.06. The van der Waals surface area contributed by atoms with Crippen LogP contribution in [-0.4, -0.2) is 62.7 Å². The number of amides is 1. The van der Waals surface area contributed by atoms with Crippen molar-refractivity contribution in [1.82, 2.24) is 19.5 Å². The van der Waals surface area contributed by atoms with Gasteiger partial charge >= 0.3 is 5.97 Å². The molecule has 2 aliphatic heterocycles. The number of aromatic nitrogens is 3. The van der Waals surface area contributed by atoms with Gasteiger partial charge in [0.05, 0.1) is 17.8 Å². The van der Waals surface area contributed by atoms with E-state index in [1.807, 2.05) is 19.2 Å². The molecule has 1 aromatic carbocycles. The average molecular weight is 419 g/mol. The van der Waals surface area contributed by atoms with Gasteiger partial charge in [-0.3, -0.25) is 9.59 Å². The molecule has 160 valence electrons. The van der Waals surface area contributed by atoms with E-state index >= 15 is 0 Å². The number of hydrogen-bond acceptors (Lipinski definition) is 5. The standard InChI is InChI=1S/C23H25N5O3/c1-15-11-19(26-9-7-17(12-26)16-5-3-2-4-6-16)14-28-21(15)24-20(25-28)22(29)27-10-8-18(13-27)23(30)31/h2-6,11,14,17-18H,7-10,12-13H2,1H3,(H,30,31). The highest BCUT2D eigenvalue weighted by molar-refractivity contribution is 5.92. The highest BCUT2D eigenvalue weighted by atomic mass is 16.4. The number of aryl methyl sites for hydroxylation is 1. The lowest BCUT2D eigenvalue weighted by Gasteiger charge is -2.19. The quantitative estimate of drug-likeness (QED) is 0.699. The number of nitrogens with zero attached hydrogens (tertiary/aromatic N) is 5. The van der Waals surface area contributed by atoms with Gasteiger partial charge in [0.25, 0.3) is 5.91 Å². The smallest absolute Gasteiger partial charge is 0.308 e. The lowest BCUT2D eigenvalue weighted by molar-refractivity contribution is -0.141. The molecule has 4 heterocycles. The summed E-state index contributed by atoms with van der Waals surface area (Å²) in [4.78, 5) is 32.4. The number of aliphatic carboxylic acids is 1. The Labute approximate surface area is 180 Å². The second-order valence-electron chi connectivity index (χ2n) is 8.50. The summed E-state index contributed by atoms with van der Waals surface area (Å²) in [6.45, 7) is 4.52. The Morgan fingerprint density at radius 2 is 1.90 bits per heavy atom. The molecule has 5 rings (SSSR count). The number of carbonyl (C=O) groups is 2. The van der Waals surface area contributed by atoms with Crippen LogP contribution in [0.5, 0.6) is 0 Å². The molecule has 0 aliphatic carbocycles. The number of benzene rings is 1. The molecule has 0 bridgehead atoms. The van der Waals surface area contributed by atoms with Crippen molar-refractivity contribution < 1.29 is 14.7 Å². The maximum absolute atomic E-state index is 12.8. The van der Waals surface area contributed by atoms with E-state index in [0.29, 0.717) is 24.5 Å². The van der Waals surface area contributed by atoms with Gasteiger partial charge in [-0.15, -0.1) is 5.10 Å². The number of carbonyl (C=O) groups excluding carboxylic acids is 1. The van der Waals surface area contributed by atoms with Crippen molar-refractivity contribution in [2.75, 3.05) is 31.1 Å². The maximum atomic E-state index is 12.8. The van der Waals surface area contributed by atoms with Crippen LogP contribution in [0.1, 0.15) is 40.5 Å². The van der Waals surface area contributed by atoms with E-state index < -0.39 is 11.9 Å². The number of likely N-dealkylation sites (tertiary alicyclic amines) is 1. The van der Waals surface area contributed by atoms with Crippen LogP contribution >= 0.6 is 0 Å². The topological polar surface area (TPSA) is 91.0 Å². The van der Waals surface area contributed by atoms with E-state index in [1.54, 1.807) is 4.52 Å². The third-order valence-electron chi connectivity index (χ3n) is 6.44. The van der Waals surface area contributed by atoms with Crippen molar-refractivity contribution in [2.45, 2.75) is 25.7 Å². The third kappa shape index (κ3) is 3.62. The van der Waals surface area contributed by atoms with Crippen LogP contribution in [0.25, 0.3) is 5.65 Å². The summed E-state index contributed by atoms with van der Waals surface area (Å²) < 4.78 is 1.68. The summed E-state index contributed by atoms with van der Waals surface area (Å²) in [6.07, 6.45) is 3.50. The van der Waals surface area contributed by atoms with Crippen molar-refractivity contribution in [3.05, 3.63) is 59.5 Å². The molecule has 0 spiro atoms. The molecule has 0 radical (unpaired) electrons. The number of pyridine rings is 1. The van der Waals surface area contributed by atoms with Gasteiger partial charge in [0.15, 0.2) is 5.65 Å². The first-order chi connectivity index (χ1) is 15.0. The molecule has 8 nitrogen and oxygen atoms in total. The Bertz CT molecular complexity index is 1140. The molecular formula is C23H25N5O3. The van der Waals surface area contributed by atoms with Crippen molar-refractivity contribution in [2.24, 2.45) is 5.92 Å². The van der Waals surface area contributed by atoms with E-state index in [1.165, 1.54) is 10.5 Å². The number of carboxylic acid groups (broad SMARTS) is 1. The molecule has 31 heavy (non-hydrogen) atoms. The van der Waals surface area contributed by atoms with Gasteiger partial charge in [0, 0.05) is 32.1 Å². The minimum absolute atomic E-state index is 0.120. The van der Waals surface area contributed by atoms with Gasteiger partial charge in [-0.25, -0.2) is 9.50 Å². The van der Waals surface area contributed by atoms with Crippen molar-refractivity contribution in [3.8, 4) is 0 Å². The molecule has 2 atom stereocenters. The zero-order chi connectivity index (χ0) is 21.5. The van der Waals surface area contributed by atoms with E-state index in [9.17, 15) is 14.7 Å². The Hall–Kier alpha value is -3.42. The zero-order valence-electron chi connectivity index (χ0n) is 17.4. The van der Waals surface area contributed by atoms with Crippen LogP contribution in [-0.2, 0) is 4.79 Å². The Kier molecular flexibility index (Phi) is 4.84. The number of rotatable bonds is 4. The molecule has 1 amide bonds. The van der Waals surface area contributed by atoms with Gasteiger partial charge < -0.3 is 14.9 Å². The molecule has 8 heteroatoms. The van der Waals surface area contributed by atoms with Gasteiger partial charge in [-0.05, 0) is 37.0 Å². The lowest BCUT2D eigenvalue weighted by atomic mass is 9.99. The van der Waals surface area contributed by atoms with Crippen molar-refractivity contribution in [3.63, 3.8) is 0 Å². The minimum Gasteiger partial charge on any atom is -0.481 e. The van der Waals surface area contributed by atoms with Crippen LogP contribution in [0.2, 0.25) is 0 Å². The van der Waals surface area contributed by atoms with Crippen LogP contribution in [0.3, 0.4) is 0 Å². The van der Waals surface area contributed by atoms with E-state index in [2.05, 4.69) is 45.3 Å². The number of fused-ring (bicyclic) bond motifs is 1. The monoisotopic (exact) mass is 419 g/mol. The Morgan fingerprint density at radius 1 is 1.10 bits per heavy atom. The molecule has 2 fully saturated rings. The van der Waals surface area contributed by atoms with Crippen molar-refractivity contribution in [1.29, 1.82) is 0 Å². The third-order valence-corrected chi connectivity index (χ3v) is 6.44.